The molecule has 3 heterocycles. The Morgan fingerprint density at radius 1 is 1.25 bits per heavy atom. The summed E-state index contributed by atoms with van der Waals surface area (Å²) in [6.45, 7) is 2.70. The van der Waals surface area contributed by atoms with E-state index in [9.17, 15) is 14.7 Å². The van der Waals surface area contributed by atoms with Gasteiger partial charge in [-0.3, -0.25) is 9.59 Å². The van der Waals surface area contributed by atoms with Crippen molar-refractivity contribution in [1.29, 1.82) is 0 Å². The number of aryl methyl sites for hydroxylation is 2. The fraction of sp³-hybridized carbons (Fsp3) is 0.261. The number of aliphatic hydroxyl groups is 1. The van der Waals surface area contributed by atoms with E-state index >= 15 is 0 Å². The smallest absolute Gasteiger partial charge is 0.295 e. The summed E-state index contributed by atoms with van der Waals surface area (Å²) in [5.41, 5.74) is 0.272. The van der Waals surface area contributed by atoms with Crippen molar-refractivity contribution in [1.82, 2.24) is 14.5 Å². The summed E-state index contributed by atoms with van der Waals surface area (Å²) < 4.78 is 12.8. The number of benzene rings is 1. The third-order valence-electron chi connectivity index (χ3n) is 5.37. The fourth-order valence-electron chi connectivity index (χ4n) is 3.82. The maximum Gasteiger partial charge on any atom is 0.295 e. The van der Waals surface area contributed by atoms with Crippen LogP contribution in [0.2, 0.25) is 5.02 Å². The number of nitrogens with zero attached hydrogens (tertiary/aromatic N) is 3. The van der Waals surface area contributed by atoms with E-state index in [1.165, 1.54) is 18.1 Å². The summed E-state index contributed by atoms with van der Waals surface area (Å²) in [5.74, 6) is -0.292. The molecule has 0 spiro atoms. The Labute approximate surface area is 189 Å². The van der Waals surface area contributed by atoms with Gasteiger partial charge in [0.05, 0.1) is 24.0 Å². The predicted molar refractivity (Wildman–Crippen MR) is 117 cm³/mol. The Kier molecular flexibility index (Phi) is 6.05. The van der Waals surface area contributed by atoms with Gasteiger partial charge in [-0.05, 0) is 43.7 Å². The predicted octanol–water partition coefficient (Wildman–Crippen LogP) is 3.96. The van der Waals surface area contributed by atoms with Crippen LogP contribution < -0.4 is 4.74 Å². The molecule has 2 aromatic heterocycles. The second-order valence-corrected chi connectivity index (χ2v) is 7.85. The molecule has 1 aliphatic rings. The molecule has 3 aromatic rings. The van der Waals surface area contributed by atoms with Crippen molar-refractivity contribution in [3.05, 3.63) is 76.7 Å². The topological polar surface area (TPSA) is 97.8 Å². The van der Waals surface area contributed by atoms with Crippen molar-refractivity contribution in [2.75, 3.05) is 13.7 Å². The lowest BCUT2D eigenvalue weighted by Crippen LogP contribution is -2.31. The fourth-order valence-corrected chi connectivity index (χ4v) is 4.08. The van der Waals surface area contributed by atoms with Crippen molar-refractivity contribution in [3.8, 4) is 5.75 Å². The van der Waals surface area contributed by atoms with Crippen molar-refractivity contribution >= 4 is 29.1 Å². The van der Waals surface area contributed by atoms with E-state index in [4.69, 9.17) is 20.8 Å². The molecule has 9 heteroatoms. The molecule has 1 aliphatic heterocycles. The minimum Gasteiger partial charge on any atom is -0.507 e. The summed E-state index contributed by atoms with van der Waals surface area (Å²) >= 11 is 6.20. The van der Waals surface area contributed by atoms with Crippen LogP contribution in [0.15, 0.2) is 59.0 Å². The highest BCUT2D eigenvalue weighted by Crippen LogP contribution is 2.40. The van der Waals surface area contributed by atoms with E-state index in [0.717, 1.165) is 0 Å². The van der Waals surface area contributed by atoms with Crippen molar-refractivity contribution in [2.24, 2.45) is 0 Å². The molecule has 1 aromatic carbocycles. The Hall–Kier alpha value is -3.52. The molecule has 0 saturated carbocycles. The van der Waals surface area contributed by atoms with Gasteiger partial charge in [-0.2, -0.15) is 0 Å². The molecule has 4 rings (SSSR count). The first-order valence-corrected chi connectivity index (χ1v) is 10.4. The number of Topliss-reactive ketones (excluding diaryl/α,β-unsaturated/α-hetero) is 1. The molecular weight excluding hydrogens is 434 g/mol. The van der Waals surface area contributed by atoms with Gasteiger partial charge in [-0.15, -0.1) is 0 Å². The van der Waals surface area contributed by atoms with Gasteiger partial charge in [0.25, 0.3) is 11.7 Å². The molecular formula is C23H22ClN3O5. The van der Waals surface area contributed by atoms with E-state index in [2.05, 4.69) is 4.98 Å². The highest BCUT2D eigenvalue weighted by atomic mass is 35.5. The van der Waals surface area contributed by atoms with Crippen LogP contribution in [-0.2, 0) is 16.1 Å². The third kappa shape index (κ3) is 4.01. The monoisotopic (exact) mass is 455 g/mol. The van der Waals surface area contributed by atoms with Crippen LogP contribution >= 0.6 is 11.6 Å². The zero-order valence-electron chi connectivity index (χ0n) is 17.6. The number of imidazole rings is 1. The van der Waals surface area contributed by atoms with E-state index < -0.39 is 17.7 Å². The van der Waals surface area contributed by atoms with E-state index in [-0.39, 0.29) is 16.4 Å². The Morgan fingerprint density at radius 3 is 2.69 bits per heavy atom. The number of rotatable bonds is 7. The maximum absolute atomic E-state index is 13.0. The summed E-state index contributed by atoms with van der Waals surface area (Å²) in [4.78, 5) is 31.4. The second kappa shape index (κ2) is 8.92. The van der Waals surface area contributed by atoms with Gasteiger partial charge in [-0.1, -0.05) is 11.6 Å². The number of hydrogen-bond donors (Lipinski definition) is 1. The molecule has 166 valence electrons. The Morgan fingerprint density at radius 2 is 2.06 bits per heavy atom. The SMILES string of the molecule is COc1ccc(/C(O)=C2\C(=O)C(=O)N(CCCn3ccnc3)[C@H]2c2ccc(C)o2)cc1Cl. The maximum atomic E-state index is 13.0. The lowest BCUT2D eigenvalue weighted by molar-refractivity contribution is -0.140. The first kappa shape index (κ1) is 21.7. The molecule has 8 nitrogen and oxygen atoms in total. The Bertz CT molecular complexity index is 1180. The largest absolute Gasteiger partial charge is 0.507 e. The number of ether oxygens (including phenoxy) is 1. The van der Waals surface area contributed by atoms with Crippen LogP contribution in [0.1, 0.15) is 29.5 Å². The number of amides is 1. The summed E-state index contributed by atoms with van der Waals surface area (Å²) in [5, 5.41) is 11.3. The molecule has 0 unspecified atom stereocenters. The van der Waals surface area contributed by atoms with Crippen LogP contribution in [0.3, 0.4) is 0 Å². The average molecular weight is 456 g/mol. The minimum absolute atomic E-state index is 0.0341. The third-order valence-corrected chi connectivity index (χ3v) is 5.67. The zero-order chi connectivity index (χ0) is 22.8. The molecule has 32 heavy (non-hydrogen) atoms. The number of carbonyl (C=O) groups is 2. The zero-order valence-corrected chi connectivity index (χ0v) is 18.4. The van der Waals surface area contributed by atoms with E-state index in [0.29, 0.717) is 42.3 Å². The van der Waals surface area contributed by atoms with Crippen molar-refractivity contribution in [3.63, 3.8) is 0 Å². The van der Waals surface area contributed by atoms with Gasteiger partial charge in [0.1, 0.15) is 29.1 Å². The van der Waals surface area contributed by atoms with Crippen molar-refractivity contribution < 1.29 is 23.8 Å². The lowest BCUT2D eigenvalue weighted by atomic mass is 9.99. The normalized spacial score (nSPS) is 17.8. The molecule has 1 N–H and O–H groups in total. The van der Waals surface area contributed by atoms with Crippen LogP contribution in [-0.4, -0.2) is 44.9 Å². The van der Waals surface area contributed by atoms with Crippen LogP contribution in [0.25, 0.3) is 5.76 Å². The van der Waals surface area contributed by atoms with Crippen molar-refractivity contribution in [2.45, 2.75) is 25.9 Å². The molecule has 0 radical (unpaired) electrons. The molecule has 1 atom stereocenters. The summed E-state index contributed by atoms with van der Waals surface area (Å²) in [6.07, 6.45) is 5.79. The lowest BCUT2D eigenvalue weighted by Gasteiger charge is -2.23. The molecule has 0 bridgehead atoms. The number of hydrogen-bond acceptors (Lipinski definition) is 6. The van der Waals surface area contributed by atoms with Gasteiger partial charge in [-0.25, -0.2) is 4.98 Å². The average Bonchev–Trinajstić information content (AvgIpc) is 3.50. The highest BCUT2D eigenvalue weighted by molar-refractivity contribution is 6.46. The number of likely N-dealkylation sites (tertiary alicyclic amines) is 1. The number of furan rings is 1. The molecule has 1 fully saturated rings. The first-order chi connectivity index (χ1) is 15.4. The standard InChI is InChI=1S/C23H22ClN3O5/c1-14-4-6-18(32-14)20-19(21(28)15-5-7-17(31-2)16(24)12-15)22(29)23(30)27(20)10-3-9-26-11-8-25-13-26/h4-8,11-13,20,28H,3,9-10H2,1-2H3/b21-19+/t20-/m0/s1. The minimum atomic E-state index is -0.840. The molecule has 0 aliphatic carbocycles. The number of methoxy groups -OCH3 is 1. The van der Waals surface area contributed by atoms with Crippen LogP contribution in [0.5, 0.6) is 5.75 Å². The highest BCUT2D eigenvalue weighted by Gasteiger charge is 2.47. The van der Waals surface area contributed by atoms with E-state index in [1.54, 1.807) is 43.7 Å². The summed E-state index contributed by atoms with van der Waals surface area (Å²) in [7, 11) is 1.48. The molecule has 1 amide bonds. The Balaban J connectivity index is 1.72. The molecule has 1 saturated heterocycles. The first-order valence-electron chi connectivity index (χ1n) is 10.0. The van der Waals surface area contributed by atoms with Crippen LogP contribution in [0, 0.1) is 6.92 Å². The number of carbonyl (C=O) groups excluding carboxylic acids is 2. The second-order valence-electron chi connectivity index (χ2n) is 7.44. The number of halogens is 1. The quantitative estimate of drug-likeness (QED) is 0.329. The van der Waals surface area contributed by atoms with Gasteiger partial charge >= 0.3 is 0 Å². The van der Waals surface area contributed by atoms with Gasteiger partial charge in [0.2, 0.25) is 0 Å². The van der Waals surface area contributed by atoms with Crippen LogP contribution in [0.4, 0.5) is 0 Å². The van der Waals surface area contributed by atoms with Gasteiger partial charge in [0, 0.05) is 31.0 Å². The summed E-state index contributed by atoms with van der Waals surface area (Å²) in [6, 6.07) is 7.29. The number of ketones is 1. The van der Waals surface area contributed by atoms with Gasteiger partial charge < -0.3 is 23.7 Å². The number of aliphatic hydroxyl groups excluding tert-OH is 1. The van der Waals surface area contributed by atoms with Gasteiger partial charge in [0.15, 0.2) is 0 Å². The van der Waals surface area contributed by atoms with E-state index in [1.807, 2.05) is 10.8 Å². The number of aromatic nitrogens is 2.